The molecule has 0 saturated carbocycles. The largest absolute Gasteiger partial charge is 0.484 e. The highest BCUT2D eigenvalue weighted by Gasteiger charge is 2.28. The smallest absolute Gasteiger partial charge is 0.166 e. The van der Waals surface area contributed by atoms with Gasteiger partial charge in [-0.15, -0.1) is 0 Å². The van der Waals surface area contributed by atoms with Crippen molar-refractivity contribution < 1.29 is 18.3 Å². The van der Waals surface area contributed by atoms with E-state index in [1.54, 1.807) is 24.3 Å². The molecule has 1 aliphatic rings. The number of halogens is 2. The van der Waals surface area contributed by atoms with Gasteiger partial charge in [0.15, 0.2) is 5.78 Å². The van der Waals surface area contributed by atoms with E-state index in [0.29, 0.717) is 17.9 Å². The molecule has 0 radical (unpaired) electrons. The fraction of sp³-hybridized carbons (Fsp3) is 0.269. The summed E-state index contributed by atoms with van der Waals surface area (Å²) >= 11 is 0. The van der Waals surface area contributed by atoms with Gasteiger partial charge in [-0.3, -0.25) is 9.69 Å². The lowest BCUT2D eigenvalue weighted by Crippen LogP contribution is -2.39. The minimum atomic E-state index is -0.334. The Bertz CT molecular complexity index is 982. The molecule has 3 nitrogen and oxygen atoms in total. The van der Waals surface area contributed by atoms with Gasteiger partial charge in [-0.25, -0.2) is 8.78 Å². The summed E-state index contributed by atoms with van der Waals surface area (Å²) < 4.78 is 32.6. The number of rotatable bonds is 7. The highest BCUT2D eigenvalue weighted by molar-refractivity contribution is 5.97. The fourth-order valence-corrected chi connectivity index (χ4v) is 4.02. The summed E-state index contributed by atoms with van der Waals surface area (Å²) in [5.41, 5.74) is 1.62. The van der Waals surface area contributed by atoms with E-state index in [0.717, 1.165) is 31.5 Å². The minimum Gasteiger partial charge on any atom is -0.484 e. The third-order valence-electron chi connectivity index (χ3n) is 5.77. The molecule has 1 saturated heterocycles. The van der Waals surface area contributed by atoms with E-state index in [4.69, 9.17) is 4.74 Å². The number of piperidine rings is 1. The topological polar surface area (TPSA) is 29.5 Å². The molecule has 0 spiro atoms. The average molecular weight is 421 g/mol. The second kappa shape index (κ2) is 9.84. The summed E-state index contributed by atoms with van der Waals surface area (Å²) in [6.07, 6.45) is 1.32. The van der Waals surface area contributed by atoms with Crippen LogP contribution in [0.4, 0.5) is 8.78 Å². The molecule has 31 heavy (non-hydrogen) atoms. The lowest BCUT2D eigenvalue weighted by Gasteiger charge is -2.34. The zero-order valence-corrected chi connectivity index (χ0v) is 17.2. The predicted molar refractivity (Wildman–Crippen MR) is 116 cm³/mol. The Hall–Kier alpha value is -3.05. The monoisotopic (exact) mass is 421 g/mol. The van der Waals surface area contributed by atoms with E-state index < -0.39 is 0 Å². The number of carbonyl (C=O) groups excluding carboxylic acids is 1. The number of nitrogens with zero attached hydrogens (tertiary/aromatic N) is 1. The molecule has 4 rings (SSSR count). The number of ether oxygens (including phenoxy) is 1. The van der Waals surface area contributed by atoms with Crippen LogP contribution in [0.25, 0.3) is 0 Å². The lowest BCUT2D eigenvalue weighted by atomic mass is 9.88. The summed E-state index contributed by atoms with van der Waals surface area (Å²) in [4.78, 5) is 15.0. The molecule has 1 atom stereocenters. The van der Waals surface area contributed by atoms with Gasteiger partial charge in [-0.2, -0.15) is 0 Å². The molecule has 3 aromatic rings. The van der Waals surface area contributed by atoms with Gasteiger partial charge in [0.25, 0.3) is 0 Å². The Labute approximate surface area is 181 Å². The van der Waals surface area contributed by atoms with Crippen LogP contribution in [0.3, 0.4) is 0 Å². The van der Waals surface area contributed by atoms with E-state index in [1.165, 1.54) is 24.3 Å². The number of benzene rings is 3. The normalized spacial score (nSPS) is 16.1. The zero-order valence-electron chi connectivity index (χ0n) is 17.2. The molecule has 0 N–H and O–H groups in total. The number of Topliss-reactive ketones (excluding diaryl/α,β-unsaturated/α-hetero) is 1. The SMILES string of the molecule is O=C(c1ccc(F)cc1)C1CCN(CC(Oc2ccc(F)cc2)c2ccccc2)CC1. The van der Waals surface area contributed by atoms with E-state index in [-0.39, 0.29) is 29.4 Å². The molecule has 1 fully saturated rings. The molecule has 3 aromatic carbocycles. The van der Waals surface area contributed by atoms with Crippen LogP contribution in [0, 0.1) is 17.6 Å². The van der Waals surface area contributed by atoms with Gasteiger partial charge in [0.1, 0.15) is 23.5 Å². The van der Waals surface area contributed by atoms with Crippen molar-refractivity contribution in [2.45, 2.75) is 18.9 Å². The number of ketones is 1. The van der Waals surface area contributed by atoms with E-state index in [9.17, 15) is 13.6 Å². The zero-order chi connectivity index (χ0) is 21.6. The maximum absolute atomic E-state index is 13.3. The van der Waals surface area contributed by atoms with Crippen molar-refractivity contribution >= 4 is 5.78 Å². The Morgan fingerprint density at radius 3 is 2.06 bits per heavy atom. The van der Waals surface area contributed by atoms with Crippen LogP contribution in [0.15, 0.2) is 78.9 Å². The molecule has 0 bridgehead atoms. The molecule has 1 heterocycles. The molecular formula is C26H25F2NO2. The summed E-state index contributed by atoms with van der Waals surface area (Å²) in [5.74, 6) is 0.0318. The van der Waals surface area contributed by atoms with Crippen molar-refractivity contribution in [3.8, 4) is 5.75 Å². The van der Waals surface area contributed by atoms with E-state index >= 15 is 0 Å². The van der Waals surface area contributed by atoms with Crippen molar-refractivity contribution in [2.24, 2.45) is 5.92 Å². The first-order chi connectivity index (χ1) is 15.1. The minimum absolute atomic E-state index is 0.0464. The van der Waals surface area contributed by atoms with Crippen molar-refractivity contribution in [2.75, 3.05) is 19.6 Å². The molecule has 1 aliphatic heterocycles. The molecule has 0 aliphatic carbocycles. The molecule has 1 unspecified atom stereocenters. The van der Waals surface area contributed by atoms with Crippen LogP contribution in [-0.4, -0.2) is 30.3 Å². The van der Waals surface area contributed by atoms with Gasteiger partial charge in [0.2, 0.25) is 0 Å². The third kappa shape index (κ3) is 5.56. The standard InChI is InChI=1S/C26H25F2NO2/c27-22-8-6-20(7-9-22)26(30)21-14-16-29(17-15-21)18-25(19-4-2-1-3-5-19)31-24-12-10-23(28)11-13-24/h1-13,21,25H,14-18H2. The van der Waals surface area contributed by atoms with Gasteiger partial charge in [0.05, 0.1) is 0 Å². The maximum atomic E-state index is 13.3. The quantitative estimate of drug-likeness (QED) is 0.460. The van der Waals surface area contributed by atoms with Crippen LogP contribution in [0.2, 0.25) is 0 Å². The van der Waals surface area contributed by atoms with Gasteiger partial charge < -0.3 is 4.74 Å². The first kappa shape index (κ1) is 21.2. The maximum Gasteiger partial charge on any atom is 0.166 e. The van der Waals surface area contributed by atoms with Gasteiger partial charge in [0, 0.05) is 18.0 Å². The Kier molecular flexibility index (Phi) is 6.73. The highest BCUT2D eigenvalue weighted by atomic mass is 19.1. The molecule has 0 amide bonds. The van der Waals surface area contributed by atoms with Crippen molar-refractivity contribution in [1.82, 2.24) is 4.90 Å². The average Bonchev–Trinajstić information content (AvgIpc) is 2.81. The molecule has 160 valence electrons. The summed E-state index contributed by atoms with van der Waals surface area (Å²) in [5, 5.41) is 0. The second-order valence-electron chi connectivity index (χ2n) is 7.92. The summed E-state index contributed by atoms with van der Waals surface area (Å²) in [7, 11) is 0. The van der Waals surface area contributed by atoms with Gasteiger partial charge in [-0.05, 0) is 80.0 Å². The fourth-order valence-electron chi connectivity index (χ4n) is 4.02. The number of carbonyl (C=O) groups is 1. The first-order valence-corrected chi connectivity index (χ1v) is 10.6. The van der Waals surface area contributed by atoms with Crippen LogP contribution in [0.5, 0.6) is 5.75 Å². The Morgan fingerprint density at radius 1 is 0.871 bits per heavy atom. The van der Waals surface area contributed by atoms with Gasteiger partial charge >= 0.3 is 0 Å². The summed E-state index contributed by atoms with van der Waals surface area (Å²) in [6.45, 7) is 2.25. The molecule has 0 aromatic heterocycles. The van der Waals surface area contributed by atoms with Crippen LogP contribution >= 0.6 is 0 Å². The second-order valence-corrected chi connectivity index (χ2v) is 7.92. The number of hydrogen-bond acceptors (Lipinski definition) is 3. The Morgan fingerprint density at radius 2 is 1.45 bits per heavy atom. The third-order valence-corrected chi connectivity index (χ3v) is 5.77. The summed E-state index contributed by atoms with van der Waals surface area (Å²) in [6, 6.07) is 21.8. The Balaban J connectivity index is 1.39. The van der Waals surface area contributed by atoms with Crippen LogP contribution < -0.4 is 4.74 Å². The van der Waals surface area contributed by atoms with Crippen LogP contribution in [-0.2, 0) is 0 Å². The molecule has 5 heteroatoms. The van der Waals surface area contributed by atoms with Crippen molar-refractivity contribution in [3.05, 3.63) is 102 Å². The van der Waals surface area contributed by atoms with Crippen molar-refractivity contribution in [3.63, 3.8) is 0 Å². The van der Waals surface area contributed by atoms with Crippen LogP contribution in [0.1, 0.15) is 34.9 Å². The first-order valence-electron chi connectivity index (χ1n) is 10.6. The lowest BCUT2D eigenvalue weighted by molar-refractivity contribution is 0.0769. The van der Waals surface area contributed by atoms with E-state index in [1.807, 2.05) is 30.3 Å². The number of likely N-dealkylation sites (tertiary alicyclic amines) is 1. The molecular weight excluding hydrogens is 396 g/mol. The highest BCUT2D eigenvalue weighted by Crippen LogP contribution is 2.27. The van der Waals surface area contributed by atoms with Crippen molar-refractivity contribution in [1.29, 1.82) is 0 Å². The van der Waals surface area contributed by atoms with Gasteiger partial charge in [-0.1, -0.05) is 30.3 Å². The number of hydrogen-bond donors (Lipinski definition) is 0. The predicted octanol–water partition coefficient (Wildman–Crippen LogP) is 5.68. The van der Waals surface area contributed by atoms with E-state index in [2.05, 4.69) is 4.90 Å².